The number of rotatable bonds is 4. The fourth-order valence-corrected chi connectivity index (χ4v) is 2.14. The number of hydrogen-bond acceptors (Lipinski definition) is 6. The Morgan fingerprint density at radius 2 is 1.43 bits per heavy atom. The monoisotopic (exact) mass is 235 g/mol. The van der Waals surface area contributed by atoms with E-state index in [1.807, 2.05) is 0 Å². The van der Waals surface area contributed by atoms with Crippen molar-refractivity contribution in [1.82, 2.24) is 14.8 Å². The van der Waals surface area contributed by atoms with Crippen LogP contribution >= 0.6 is 23.5 Å². The number of aliphatic hydroxyl groups is 2. The van der Waals surface area contributed by atoms with E-state index in [1.165, 1.54) is 23.5 Å². The smallest absolute Gasteiger partial charge is 0.194 e. The van der Waals surface area contributed by atoms with Gasteiger partial charge in [0.25, 0.3) is 0 Å². The van der Waals surface area contributed by atoms with Gasteiger partial charge in [-0.05, 0) is 13.8 Å². The maximum atomic E-state index is 9.15. The molecule has 0 aliphatic rings. The average molecular weight is 235 g/mol. The molecule has 80 valence electrons. The molecule has 14 heavy (non-hydrogen) atoms. The Hall–Kier alpha value is -0.240. The van der Waals surface area contributed by atoms with Crippen molar-refractivity contribution in [2.45, 2.75) is 35.0 Å². The van der Waals surface area contributed by atoms with Crippen LogP contribution in [0.1, 0.15) is 13.8 Å². The SMILES string of the molecule is CC(O)Sc1nnc(SC(C)O)n1C. The normalized spacial score (nSPS) is 15.5. The molecule has 0 radical (unpaired) electrons. The molecule has 1 heterocycles. The van der Waals surface area contributed by atoms with Crippen LogP contribution in [0.3, 0.4) is 0 Å². The molecule has 1 aromatic rings. The van der Waals surface area contributed by atoms with Crippen LogP contribution in [0, 0.1) is 0 Å². The van der Waals surface area contributed by atoms with Gasteiger partial charge in [0.2, 0.25) is 0 Å². The Morgan fingerprint density at radius 3 is 1.71 bits per heavy atom. The molecule has 0 saturated heterocycles. The third-order valence-electron chi connectivity index (χ3n) is 1.35. The minimum Gasteiger partial charge on any atom is -0.382 e. The van der Waals surface area contributed by atoms with E-state index >= 15 is 0 Å². The van der Waals surface area contributed by atoms with E-state index in [0.29, 0.717) is 10.3 Å². The van der Waals surface area contributed by atoms with E-state index in [-0.39, 0.29) is 0 Å². The standard InChI is InChI=1S/C7H13N3O2S2/c1-4(11)13-6-8-9-7(10(6)3)14-5(2)12/h4-5,11-12H,1-3H3. The molecule has 2 unspecified atom stereocenters. The Bertz CT molecular complexity index is 274. The zero-order valence-electron chi connectivity index (χ0n) is 8.21. The van der Waals surface area contributed by atoms with Crippen molar-refractivity contribution < 1.29 is 10.2 Å². The van der Waals surface area contributed by atoms with Gasteiger partial charge in [-0.25, -0.2) is 0 Å². The van der Waals surface area contributed by atoms with E-state index in [4.69, 9.17) is 10.2 Å². The van der Waals surface area contributed by atoms with Crippen LogP contribution in [-0.4, -0.2) is 35.8 Å². The zero-order valence-corrected chi connectivity index (χ0v) is 9.84. The summed E-state index contributed by atoms with van der Waals surface area (Å²) in [6.45, 7) is 3.33. The van der Waals surface area contributed by atoms with Crippen LogP contribution in [0.2, 0.25) is 0 Å². The lowest BCUT2D eigenvalue weighted by molar-refractivity contribution is 0.283. The first-order chi connectivity index (χ1) is 6.50. The lowest BCUT2D eigenvalue weighted by atomic mass is 10.9. The molecule has 5 nitrogen and oxygen atoms in total. The molecule has 0 aliphatic heterocycles. The van der Waals surface area contributed by atoms with Gasteiger partial charge in [0.1, 0.15) is 10.9 Å². The van der Waals surface area contributed by atoms with Gasteiger partial charge in [0, 0.05) is 7.05 Å². The third kappa shape index (κ3) is 3.16. The van der Waals surface area contributed by atoms with Gasteiger partial charge in [0.05, 0.1) is 0 Å². The first kappa shape index (κ1) is 11.8. The number of aromatic nitrogens is 3. The lowest BCUT2D eigenvalue weighted by Crippen LogP contribution is -2.00. The molecule has 0 spiro atoms. The number of hydrogen-bond donors (Lipinski definition) is 2. The Kier molecular flexibility index (Phi) is 4.24. The quantitative estimate of drug-likeness (QED) is 0.590. The van der Waals surface area contributed by atoms with Crippen LogP contribution in [0.25, 0.3) is 0 Å². The topological polar surface area (TPSA) is 71.2 Å². The Labute approximate surface area is 90.9 Å². The van der Waals surface area contributed by atoms with E-state index in [0.717, 1.165) is 0 Å². The van der Waals surface area contributed by atoms with Gasteiger partial charge in [-0.3, -0.25) is 0 Å². The van der Waals surface area contributed by atoms with Crippen molar-refractivity contribution in [1.29, 1.82) is 0 Å². The molecule has 0 aromatic carbocycles. The molecule has 1 aromatic heterocycles. The molecule has 1 rings (SSSR count). The summed E-state index contributed by atoms with van der Waals surface area (Å²) in [4.78, 5) is 0. The predicted octanol–water partition coefficient (Wildman–Crippen LogP) is 0.676. The fraction of sp³-hybridized carbons (Fsp3) is 0.714. The molecular weight excluding hydrogens is 222 g/mol. The van der Waals surface area contributed by atoms with Gasteiger partial charge in [0.15, 0.2) is 10.3 Å². The molecule has 2 atom stereocenters. The van der Waals surface area contributed by atoms with Crippen molar-refractivity contribution >= 4 is 23.5 Å². The van der Waals surface area contributed by atoms with Crippen LogP contribution in [0.15, 0.2) is 10.3 Å². The molecule has 0 fully saturated rings. The summed E-state index contributed by atoms with van der Waals surface area (Å²) in [5, 5.41) is 27.4. The highest BCUT2D eigenvalue weighted by atomic mass is 32.2. The minimum absolute atomic E-state index is 0.512. The van der Waals surface area contributed by atoms with Crippen LogP contribution in [0.5, 0.6) is 0 Å². The second-order valence-corrected chi connectivity index (χ2v) is 5.32. The third-order valence-corrected chi connectivity index (χ3v) is 3.16. The van der Waals surface area contributed by atoms with Crippen molar-refractivity contribution in [3.8, 4) is 0 Å². The van der Waals surface area contributed by atoms with Crippen molar-refractivity contribution in [3.63, 3.8) is 0 Å². The maximum absolute atomic E-state index is 9.15. The molecule has 7 heteroatoms. The highest BCUT2D eigenvalue weighted by Crippen LogP contribution is 2.25. The lowest BCUT2D eigenvalue weighted by Gasteiger charge is -2.05. The highest BCUT2D eigenvalue weighted by molar-refractivity contribution is 8.00. The van der Waals surface area contributed by atoms with Crippen LogP contribution < -0.4 is 0 Å². The average Bonchev–Trinajstić information content (AvgIpc) is 2.34. The summed E-state index contributed by atoms with van der Waals surface area (Å²) >= 11 is 2.45. The first-order valence-corrected chi connectivity index (χ1v) is 5.85. The van der Waals surface area contributed by atoms with Crippen LogP contribution in [0.4, 0.5) is 0 Å². The molecule has 0 saturated carbocycles. The van der Waals surface area contributed by atoms with E-state index in [1.54, 1.807) is 25.5 Å². The second-order valence-electron chi connectivity index (χ2n) is 2.76. The molecule has 2 N–H and O–H groups in total. The van der Waals surface area contributed by atoms with Gasteiger partial charge in [-0.2, -0.15) is 0 Å². The summed E-state index contributed by atoms with van der Waals surface area (Å²) < 4.78 is 1.74. The second kappa shape index (κ2) is 5.01. The summed E-state index contributed by atoms with van der Waals surface area (Å²) in [7, 11) is 1.80. The Morgan fingerprint density at radius 1 is 1.07 bits per heavy atom. The fourth-order valence-electron chi connectivity index (χ4n) is 0.812. The molecule has 0 aliphatic carbocycles. The Balaban J connectivity index is 2.75. The van der Waals surface area contributed by atoms with Crippen molar-refractivity contribution in [2.24, 2.45) is 7.05 Å². The first-order valence-electron chi connectivity index (χ1n) is 4.09. The summed E-state index contributed by atoms with van der Waals surface area (Å²) in [5.41, 5.74) is -1.02. The summed E-state index contributed by atoms with van der Waals surface area (Å²) in [5.74, 6) is 0. The summed E-state index contributed by atoms with van der Waals surface area (Å²) in [6, 6.07) is 0. The predicted molar refractivity (Wildman–Crippen MR) is 56.1 cm³/mol. The largest absolute Gasteiger partial charge is 0.382 e. The molecule has 0 bridgehead atoms. The van der Waals surface area contributed by atoms with Crippen molar-refractivity contribution in [2.75, 3.05) is 0 Å². The van der Waals surface area contributed by atoms with Gasteiger partial charge in [-0.15, -0.1) is 10.2 Å². The summed E-state index contributed by atoms with van der Waals surface area (Å²) in [6.07, 6.45) is 0. The number of thioether (sulfide) groups is 2. The number of nitrogens with zero attached hydrogens (tertiary/aromatic N) is 3. The van der Waals surface area contributed by atoms with Crippen molar-refractivity contribution in [3.05, 3.63) is 0 Å². The van der Waals surface area contributed by atoms with Crippen LogP contribution in [-0.2, 0) is 7.05 Å². The van der Waals surface area contributed by atoms with E-state index in [9.17, 15) is 0 Å². The minimum atomic E-state index is -0.512. The van der Waals surface area contributed by atoms with Gasteiger partial charge in [-0.1, -0.05) is 23.5 Å². The van der Waals surface area contributed by atoms with Gasteiger partial charge < -0.3 is 14.8 Å². The molecular formula is C7H13N3O2S2. The number of aliphatic hydroxyl groups excluding tert-OH is 2. The zero-order chi connectivity index (χ0) is 10.7. The highest BCUT2D eigenvalue weighted by Gasteiger charge is 2.13. The van der Waals surface area contributed by atoms with Gasteiger partial charge >= 0.3 is 0 Å². The molecule has 0 amide bonds. The maximum Gasteiger partial charge on any atom is 0.194 e. The van der Waals surface area contributed by atoms with E-state index < -0.39 is 10.9 Å². The van der Waals surface area contributed by atoms with E-state index in [2.05, 4.69) is 10.2 Å².